The maximum absolute atomic E-state index is 5.42. The number of anilines is 1. The van der Waals surface area contributed by atoms with Gasteiger partial charge in [-0.05, 0) is 44.0 Å². The van der Waals surface area contributed by atoms with Crippen molar-refractivity contribution in [3.05, 3.63) is 47.3 Å². The van der Waals surface area contributed by atoms with Gasteiger partial charge in [0, 0.05) is 51.2 Å². The van der Waals surface area contributed by atoms with Gasteiger partial charge >= 0.3 is 0 Å². The molecular formula is C21H32N6O. The summed E-state index contributed by atoms with van der Waals surface area (Å²) in [4.78, 5) is 6.68. The van der Waals surface area contributed by atoms with Gasteiger partial charge in [-0.1, -0.05) is 12.1 Å². The lowest BCUT2D eigenvalue weighted by Gasteiger charge is -2.28. The van der Waals surface area contributed by atoms with Crippen molar-refractivity contribution < 1.29 is 4.74 Å². The molecule has 2 aromatic rings. The van der Waals surface area contributed by atoms with Crippen molar-refractivity contribution in [1.29, 1.82) is 0 Å². The van der Waals surface area contributed by atoms with Crippen molar-refractivity contribution in [1.82, 2.24) is 20.4 Å². The van der Waals surface area contributed by atoms with Crippen molar-refractivity contribution in [2.75, 3.05) is 44.8 Å². The quantitative estimate of drug-likeness (QED) is 0.435. The first-order valence-electron chi connectivity index (χ1n) is 10.0. The van der Waals surface area contributed by atoms with Crippen LogP contribution in [0.15, 0.2) is 35.3 Å². The number of nitrogens with zero attached hydrogens (tertiary/aromatic N) is 4. The summed E-state index contributed by atoms with van der Waals surface area (Å²) >= 11 is 0. The van der Waals surface area contributed by atoms with E-state index in [1.807, 2.05) is 6.92 Å². The molecule has 0 bridgehead atoms. The summed E-state index contributed by atoms with van der Waals surface area (Å²) in [5.74, 6) is 0.825. The fourth-order valence-corrected chi connectivity index (χ4v) is 3.39. The number of hydrogen-bond donors (Lipinski definition) is 2. The summed E-state index contributed by atoms with van der Waals surface area (Å²) < 4.78 is 7.48. The van der Waals surface area contributed by atoms with Gasteiger partial charge in [-0.3, -0.25) is 9.67 Å². The van der Waals surface area contributed by atoms with Crippen LogP contribution < -0.4 is 15.5 Å². The molecule has 1 aliphatic heterocycles. The van der Waals surface area contributed by atoms with Crippen LogP contribution in [0.5, 0.6) is 0 Å². The summed E-state index contributed by atoms with van der Waals surface area (Å²) in [6.45, 7) is 10.2. The Balaban J connectivity index is 1.39. The molecule has 1 aromatic heterocycles. The van der Waals surface area contributed by atoms with Crippen LogP contribution in [0.25, 0.3) is 0 Å². The Hall–Kier alpha value is -2.54. The Bertz CT molecular complexity index is 762. The molecule has 1 aromatic carbocycles. The Kier molecular flexibility index (Phi) is 7.31. The molecule has 1 saturated heterocycles. The highest BCUT2D eigenvalue weighted by Gasteiger charge is 2.10. The molecule has 1 fully saturated rings. The molecule has 0 unspecified atom stereocenters. The van der Waals surface area contributed by atoms with E-state index in [-0.39, 0.29) is 0 Å². The molecule has 0 aliphatic carbocycles. The molecule has 7 nitrogen and oxygen atoms in total. The number of aryl methyl sites for hydroxylation is 3. The standard InChI is InChI=1S/C21H32N6O/c1-17-15-18(2)27(25-17)10-4-9-23-21(22-3)24-16-19-5-7-20(8-6-19)26-11-13-28-14-12-26/h5-8,15H,4,9-14,16H2,1-3H3,(H2,22,23,24). The Morgan fingerprint density at radius 2 is 1.89 bits per heavy atom. The zero-order valence-corrected chi connectivity index (χ0v) is 17.2. The fraction of sp³-hybridized carbons (Fsp3) is 0.524. The van der Waals surface area contributed by atoms with Crippen LogP contribution in [-0.2, 0) is 17.8 Å². The highest BCUT2D eigenvalue weighted by Crippen LogP contribution is 2.16. The van der Waals surface area contributed by atoms with E-state index < -0.39 is 0 Å². The van der Waals surface area contributed by atoms with E-state index >= 15 is 0 Å². The molecular weight excluding hydrogens is 352 g/mol. The molecule has 2 heterocycles. The minimum Gasteiger partial charge on any atom is -0.378 e. The van der Waals surface area contributed by atoms with Gasteiger partial charge in [-0.2, -0.15) is 5.10 Å². The van der Waals surface area contributed by atoms with Gasteiger partial charge in [0.25, 0.3) is 0 Å². The summed E-state index contributed by atoms with van der Waals surface area (Å²) in [5, 5.41) is 11.3. The van der Waals surface area contributed by atoms with Gasteiger partial charge in [0.1, 0.15) is 0 Å². The van der Waals surface area contributed by atoms with Gasteiger partial charge in [-0.15, -0.1) is 0 Å². The molecule has 2 N–H and O–H groups in total. The average Bonchev–Trinajstić information content (AvgIpc) is 3.05. The summed E-state index contributed by atoms with van der Waals surface area (Å²) in [6.07, 6.45) is 0.997. The average molecular weight is 385 g/mol. The monoisotopic (exact) mass is 384 g/mol. The van der Waals surface area contributed by atoms with Crippen molar-refractivity contribution in [3.63, 3.8) is 0 Å². The Labute approximate surface area is 167 Å². The highest BCUT2D eigenvalue weighted by molar-refractivity contribution is 5.79. The van der Waals surface area contributed by atoms with Crippen LogP contribution in [0.1, 0.15) is 23.4 Å². The van der Waals surface area contributed by atoms with Gasteiger partial charge in [0.15, 0.2) is 5.96 Å². The normalized spacial score (nSPS) is 15.0. The van der Waals surface area contributed by atoms with Crippen LogP contribution in [0.4, 0.5) is 5.69 Å². The third-order valence-electron chi connectivity index (χ3n) is 4.94. The molecule has 0 atom stereocenters. The maximum atomic E-state index is 5.42. The lowest BCUT2D eigenvalue weighted by Crippen LogP contribution is -2.37. The van der Waals surface area contributed by atoms with Gasteiger partial charge in [0.2, 0.25) is 0 Å². The van der Waals surface area contributed by atoms with Gasteiger partial charge in [0.05, 0.1) is 18.9 Å². The van der Waals surface area contributed by atoms with Crippen molar-refractivity contribution in [2.45, 2.75) is 33.4 Å². The number of guanidine groups is 1. The van der Waals surface area contributed by atoms with Crippen LogP contribution >= 0.6 is 0 Å². The molecule has 0 radical (unpaired) electrons. The lowest BCUT2D eigenvalue weighted by atomic mass is 10.2. The van der Waals surface area contributed by atoms with Crippen molar-refractivity contribution >= 4 is 11.6 Å². The predicted molar refractivity (Wildman–Crippen MR) is 114 cm³/mol. The first-order chi connectivity index (χ1) is 13.7. The minimum absolute atomic E-state index is 0.751. The van der Waals surface area contributed by atoms with Crippen LogP contribution in [0.2, 0.25) is 0 Å². The number of hydrogen-bond acceptors (Lipinski definition) is 4. The number of morpholine rings is 1. The van der Waals surface area contributed by atoms with E-state index in [0.29, 0.717) is 0 Å². The predicted octanol–water partition coefficient (Wildman–Crippen LogP) is 2.09. The smallest absolute Gasteiger partial charge is 0.191 e. The van der Waals surface area contributed by atoms with E-state index in [9.17, 15) is 0 Å². The number of benzene rings is 1. The molecule has 152 valence electrons. The van der Waals surface area contributed by atoms with E-state index in [2.05, 4.69) is 67.6 Å². The maximum Gasteiger partial charge on any atom is 0.191 e. The second-order valence-corrected chi connectivity index (χ2v) is 7.12. The van der Waals surface area contributed by atoms with E-state index in [1.165, 1.54) is 16.9 Å². The topological polar surface area (TPSA) is 66.7 Å². The molecule has 0 amide bonds. The fourth-order valence-electron chi connectivity index (χ4n) is 3.39. The largest absolute Gasteiger partial charge is 0.378 e. The number of nitrogens with one attached hydrogen (secondary N) is 2. The first kappa shape index (κ1) is 20.2. The molecule has 7 heteroatoms. The van der Waals surface area contributed by atoms with Crippen LogP contribution in [0, 0.1) is 13.8 Å². The van der Waals surface area contributed by atoms with Crippen LogP contribution in [-0.4, -0.2) is 55.6 Å². The lowest BCUT2D eigenvalue weighted by molar-refractivity contribution is 0.122. The van der Waals surface area contributed by atoms with E-state index in [1.54, 1.807) is 7.05 Å². The Morgan fingerprint density at radius 3 is 2.54 bits per heavy atom. The number of ether oxygens (including phenoxy) is 1. The third kappa shape index (κ3) is 5.73. The highest BCUT2D eigenvalue weighted by atomic mass is 16.5. The Morgan fingerprint density at radius 1 is 1.14 bits per heavy atom. The number of aliphatic imine (C=N–C) groups is 1. The van der Waals surface area contributed by atoms with Crippen molar-refractivity contribution in [3.8, 4) is 0 Å². The summed E-state index contributed by atoms with van der Waals surface area (Å²) in [7, 11) is 1.80. The summed E-state index contributed by atoms with van der Waals surface area (Å²) in [5.41, 5.74) is 4.78. The molecule has 0 spiro atoms. The van der Waals surface area contributed by atoms with Gasteiger partial charge in [-0.25, -0.2) is 0 Å². The molecule has 3 rings (SSSR count). The van der Waals surface area contributed by atoms with Crippen molar-refractivity contribution in [2.24, 2.45) is 4.99 Å². The molecule has 28 heavy (non-hydrogen) atoms. The summed E-state index contributed by atoms with van der Waals surface area (Å²) in [6, 6.07) is 10.8. The second-order valence-electron chi connectivity index (χ2n) is 7.12. The minimum atomic E-state index is 0.751. The number of aromatic nitrogens is 2. The third-order valence-corrected chi connectivity index (χ3v) is 4.94. The number of rotatable bonds is 7. The van der Waals surface area contributed by atoms with E-state index in [4.69, 9.17) is 4.74 Å². The molecule has 0 saturated carbocycles. The zero-order valence-electron chi connectivity index (χ0n) is 17.2. The van der Waals surface area contributed by atoms with Gasteiger partial charge < -0.3 is 20.3 Å². The molecule has 1 aliphatic rings. The SMILES string of the molecule is CN=C(NCCCn1nc(C)cc1C)NCc1ccc(N2CCOCC2)cc1. The van der Waals surface area contributed by atoms with E-state index in [0.717, 1.165) is 64.0 Å². The zero-order chi connectivity index (χ0) is 19.8. The first-order valence-corrected chi connectivity index (χ1v) is 10.0. The second kappa shape index (κ2) is 10.1. The van der Waals surface area contributed by atoms with Crippen LogP contribution in [0.3, 0.4) is 0 Å².